The molecule has 0 amide bonds. The first kappa shape index (κ1) is 17.0. The minimum absolute atomic E-state index is 0.0478. The SMILES string of the molecule is CCOC(=O)c1nc(NCC(C)(C)SC)sc1C(C)=O. The fraction of sp³-hybridized carbons (Fsp3) is 0.615. The summed E-state index contributed by atoms with van der Waals surface area (Å²) in [5.41, 5.74) is 0.105. The van der Waals surface area contributed by atoms with Crippen molar-refractivity contribution in [3.05, 3.63) is 10.6 Å². The van der Waals surface area contributed by atoms with Crippen LogP contribution in [-0.2, 0) is 4.74 Å². The van der Waals surface area contributed by atoms with Crippen molar-refractivity contribution in [1.29, 1.82) is 0 Å². The molecule has 112 valence electrons. The Balaban J connectivity index is 2.92. The van der Waals surface area contributed by atoms with Crippen molar-refractivity contribution in [3.8, 4) is 0 Å². The molecule has 0 aromatic carbocycles. The van der Waals surface area contributed by atoms with Crippen molar-refractivity contribution in [2.45, 2.75) is 32.4 Å². The lowest BCUT2D eigenvalue weighted by Gasteiger charge is -2.21. The fourth-order valence-corrected chi connectivity index (χ4v) is 2.39. The second-order valence-corrected chi connectivity index (χ2v) is 7.30. The number of thiazole rings is 1. The van der Waals surface area contributed by atoms with Gasteiger partial charge in [0.05, 0.1) is 6.61 Å². The van der Waals surface area contributed by atoms with E-state index in [4.69, 9.17) is 4.74 Å². The molecule has 1 rings (SSSR count). The third-order valence-corrected chi connectivity index (χ3v) is 5.00. The second kappa shape index (κ2) is 7.08. The van der Waals surface area contributed by atoms with Gasteiger partial charge in [-0.15, -0.1) is 0 Å². The number of anilines is 1. The van der Waals surface area contributed by atoms with Gasteiger partial charge < -0.3 is 10.1 Å². The molecule has 0 spiro atoms. The first-order valence-corrected chi connectivity index (χ1v) is 8.32. The summed E-state index contributed by atoms with van der Waals surface area (Å²) in [6.07, 6.45) is 2.04. The van der Waals surface area contributed by atoms with Crippen molar-refractivity contribution < 1.29 is 14.3 Å². The van der Waals surface area contributed by atoms with Crippen molar-refractivity contribution in [3.63, 3.8) is 0 Å². The van der Waals surface area contributed by atoms with Gasteiger partial charge in [0.2, 0.25) is 0 Å². The summed E-state index contributed by atoms with van der Waals surface area (Å²) in [6.45, 7) is 8.31. The highest BCUT2D eigenvalue weighted by atomic mass is 32.2. The smallest absolute Gasteiger partial charge is 0.358 e. The predicted octanol–water partition coefficient (Wildman–Crippen LogP) is 3.08. The molecule has 0 radical (unpaired) electrons. The van der Waals surface area contributed by atoms with E-state index in [9.17, 15) is 9.59 Å². The number of rotatable bonds is 7. The van der Waals surface area contributed by atoms with E-state index in [1.165, 1.54) is 18.3 Å². The number of carbonyl (C=O) groups excluding carboxylic acids is 2. The van der Waals surface area contributed by atoms with Crippen LogP contribution in [0.2, 0.25) is 0 Å². The summed E-state index contributed by atoms with van der Waals surface area (Å²) in [5.74, 6) is -0.728. The van der Waals surface area contributed by atoms with Crippen LogP contribution in [0.4, 0.5) is 5.13 Å². The Morgan fingerprint density at radius 1 is 1.45 bits per heavy atom. The van der Waals surface area contributed by atoms with E-state index in [2.05, 4.69) is 24.1 Å². The molecule has 7 heteroatoms. The Bertz CT molecular complexity index is 498. The van der Waals surface area contributed by atoms with Crippen molar-refractivity contribution in [1.82, 2.24) is 4.98 Å². The van der Waals surface area contributed by atoms with Crippen LogP contribution in [0.1, 0.15) is 47.9 Å². The quantitative estimate of drug-likeness (QED) is 0.616. The number of hydrogen-bond acceptors (Lipinski definition) is 7. The number of nitrogens with zero attached hydrogens (tertiary/aromatic N) is 1. The van der Waals surface area contributed by atoms with Crippen LogP contribution < -0.4 is 5.32 Å². The van der Waals surface area contributed by atoms with Gasteiger partial charge in [-0.25, -0.2) is 9.78 Å². The maximum atomic E-state index is 11.8. The van der Waals surface area contributed by atoms with Gasteiger partial charge in [-0.05, 0) is 27.0 Å². The van der Waals surface area contributed by atoms with Crippen LogP contribution in [-0.4, -0.2) is 40.9 Å². The van der Waals surface area contributed by atoms with E-state index in [0.717, 1.165) is 0 Å². The monoisotopic (exact) mass is 316 g/mol. The molecule has 0 fully saturated rings. The first-order valence-electron chi connectivity index (χ1n) is 6.28. The largest absolute Gasteiger partial charge is 0.461 e. The molecule has 0 aliphatic heterocycles. The number of thioether (sulfide) groups is 1. The third kappa shape index (κ3) is 4.49. The van der Waals surface area contributed by atoms with Crippen molar-refractivity contribution >= 4 is 40.0 Å². The number of nitrogens with one attached hydrogen (secondary N) is 1. The van der Waals surface area contributed by atoms with Gasteiger partial charge in [-0.1, -0.05) is 11.3 Å². The van der Waals surface area contributed by atoms with E-state index in [0.29, 0.717) is 16.6 Å². The van der Waals surface area contributed by atoms with Crippen LogP contribution >= 0.6 is 23.1 Å². The molecular weight excluding hydrogens is 296 g/mol. The Hall–Kier alpha value is -1.08. The van der Waals surface area contributed by atoms with E-state index >= 15 is 0 Å². The van der Waals surface area contributed by atoms with Gasteiger partial charge in [0.15, 0.2) is 16.6 Å². The lowest BCUT2D eigenvalue weighted by atomic mass is 10.2. The molecule has 0 aliphatic rings. The van der Waals surface area contributed by atoms with Crippen molar-refractivity contribution in [2.24, 2.45) is 0 Å². The Morgan fingerprint density at radius 3 is 2.60 bits per heavy atom. The van der Waals surface area contributed by atoms with Gasteiger partial charge in [-0.2, -0.15) is 11.8 Å². The van der Waals surface area contributed by atoms with Gasteiger partial charge >= 0.3 is 5.97 Å². The zero-order valence-electron chi connectivity index (χ0n) is 12.4. The number of aromatic nitrogens is 1. The summed E-state index contributed by atoms with van der Waals surface area (Å²) in [5, 5.41) is 3.74. The highest BCUT2D eigenvalue weighted by molar-refractivity contribution is 7.99. The van der Waals surface area contributed by atoms with Gasteiger partial charge in [0.1, 0.15) is 4.88 Å². The average molecular weight is 316 g/mol. The Morgan fingerprint density at radius 2 is 2.10 bits per heavy atom. The van der Waals surface area contributed by atoms with Crippen LogP contribution in [0.15, 0.2) is 0 Å². The number of esters is 1. The molecule has 1 aromatic rings. The van der Waals surface area contributed by atoms with Crippen molar-refractivity contribution in [2.75, 3.05) is 24.7 Å². The van der Waals surface area contributed by atoms with Crippen LogP contribution in [0.5, 0.6) is 0 Å². The topological polar surface area (TPSA) is 68.3 Å². The Kier molecular flexibility index (Phi) is 6.01. The molecule has 20 heavy (non-hydrogen) atoms. The second-order valence-electron chi connectivity index (χ2n) is 4.79. The maximum absolute atomic E-state index is 11.8. The number of ketones is 1. The van der Waals surface area contributed by atoms with Gasteiger partial charge in [-0.3, -0.25) is 4.79 Å². The molecule has 0 aliphatic carbocycles. The molecule has 5 nitrogen and oxygen atoms in total. The molecule has 1 N–H and O–H groups in total. The Labute approximate surface area is 127 Å². The molecule has 0 atom stereocenters. The lowest BCUT2D eigenvalue weighted by molar-refractivity contribution is 0.0517. The minimum Gasteiger partial charge on any atom is -0.461 e. The summed E-state index contributed by atoms with van der Waals surface area (Å²) < 4.78 is 4.97. The summed E-state index contributed by atoms with van der Waals surface area (Å²) in [4.78, 5) is 27.9. The normalized spacial score (nSPS) is 11.2. The zero-order chi connectivity index (χ0) is 15.3. The maximum Gasteiger partial charge on any atom is 0.358 e. The van der Waals surface area contributed by atoms with Crippen LogP contribution in [0.25, 0.3) is 0 Å². The van der Waals surface area contributed by atoms with E-state index in [1.807, 2.05) is 6.26 Å². The summed E-state index contributed by atoms with van der Waals surface area (Å²) in [7, 11) is 0. The molecule has 0 saturated heterocycles. The highest BCUT2D eigenvalue weighted by Crippen LogP contribution is 2.27. The number of carbonyl (C=O) groups is 2. The predicted molar refractivity (Wildman–Crippen MR) is 84.2 cm³/mol. The van der Waals surface area contributed by atoms with Crippen LogP contribution in [0.3, 0.4) is 0 Å². The summed E-state index contributed by atoms with van der Waals surface area (Å²) in [6, 6.07) is 0. The molecule has 0 saturated carbocycles. The minimum atomic E-state index is -0.550. The lowest BCUT2D eigenvalue weighted by Crippen LogP contribution is -2.25. The number of hydrogen-bond donors (Lipinski definition) is 1. The van der Waals surface area contributed by atoms with Crippen LogP contribution in [0, 0.1) is 0 Å². The van der Waals surface area contributed by atoms with E-state index < -0.39 is 5.97 Å². The molecule has 0 bridgehead atoms. The highest BCUT2D eigenvalue weighted by Gasteiger charge is 2.23. The zero-order valence-corrected chi connectivity index (χ0v) is 14.0. The molecule has 1 aromatic heterocycles. The third-order valence-electron chi connectivity index (χ3n) is 2.63. The number of ether oxygens (including phenoxy) is 1. The fourth-order valence-electron chi connectivity index (χ4n) is 1.33. The summed E-state index contributed by atoms with van der Waals surface area (Å²) >= 11 is 2.92. The van der Waals surface area contributed by atoms with E-state index in [1.54, 1.807) is 18.7 Å². The average Bonchev–Trinajstić information content (AvgIpc) is 2.81. The number of Topliss-reactive ketones (excluding diaryl/α,β-unsaturated/α-hetero) is 1. The molecular formula is C13H20N2O3S2. The van der Waals surface area contributed by atoms with Gasteiger partial charge in [0.25, 0.3) is 0 Å². The van der Waals surface area contributed by atoms with E-state index in [-0.39, 0.29) is 22.8 Å². The first-order chi connectivity index (χ1) is 9.30. The molecule has 0 unspecified atom stereocenters. The molecule has 1 heterocycles. The standard InChI is InChI=1S/C13H20N2O3S2/c1-6-18-11(17)9-10(8(2)16)20-12(15-9)14-7-13(3,4)19-5/h6-7H2,1-5H3,(H,14,15). The van der Waals surface area contributed by atoms with Gasteiger partial charge in [0, 0.05) is 18.2 Å².